The molecule has 1 unspecified atom stereocenters. The fourth-order valence-corrected chi connectivity index (χ4v) is 3.44. The SMILES string of the molecule is CCN(CCC(=O)N1CCc2ccccc21)CC1CCCO1. The minimum Gasteiger partial charge on any atom is -0.377 e. The first kappa shape index (κ1) is 15.5. The second-order valence-electron chi connectivity index (χ2n) is 6.20. The van der Waals surface area contributed by atoms with E-state index in [0.29, 0.717) is 12.5 Å². The van der Waals surface area contributed by atoms with Crippen molar-refractivity contribution in [1.82, 2.24) is 4.90 Å². The van der Waals surface area contributed by atoms with Gasteiger partial charge in [0, 0.05) is 38.3 Å². The fourth-order valence-electron chi connectivity index (χ4n) is 3.44. The Balaban J connectivity index is 1.51. The molecule has 3 rings (SSSR count). The lowest BCUT2D eigenvalue weighted by Gasteiger charge is -2.25. The molecule has 0 saturated carbocycles. The van der Waals surface area contributed by atoms with E-state index in [2.05, 4.69) is 24.0 Å². The molecule has 2 aliphatic heterocycles. The molecule has 1 aromatic rings. The van der Waals surface area contributed by atoms with Gasteiger partial charge in [0.05, 0.1) is 6.10 Å². The Bertz CT molecular complexity index is 512. The topological polar surface area (TPSA) is 32.8 Å². The van der Waals surface area contributed by atoms with Crippen LogP contribution in [0.5, 0.6) is 0 Å². The van der Waals surface area contributed by atoms with Crippen molar-refractivity contribution >= 4 is 11.6 Å². The van der Waals surface area contributed by atoms with Crippen molar-refractivity contribution < 1.29 is 9.53 Å². The largest absolute Gasteiger partial charge is 0.377 e. The molecule has 1 amide bonds. The minimum absolute atomic E-state index is 0.246. The van der Waals surface area contributed by atoms with Crippen LogP contribution in [0.25, 0.3) is 0 Å². The summed E-state index contributed by atoms with van der Waals surface area (Å²) in [4.78, 5) is 16.8. The Hall–Kier alpha value is -1.39. The van der Waals surface area contributed by atoms with Gasteiger partial charge in [-0.2, -0.15) is 0 Å². The molecule has 4 nitrogen and oxygen atoms in total. The van der Waals surface area contributed by atoms with E-state index >= 15 is 0 Å². The summed E-state index contributed by atoms with van der Waals surface area (Å²) in [7, 11) is 0. The summed E-state index contributed by atoms with van der Waals surface area (Å²) in [6, 6.07) is 8.25. The molecule has 2 aliphatic rings. The number of hydrogen-bond acceptors (Lipinski definition) is 3. The van der Waals surface area contributed by atoms with Crippen LogP contribution in [0.15, 0.2) is 24.3 Å². The summed E-state index contributed by atoms with van der Waals surface area (Å²) in [5, 5.41) is 0. The van der Waals surface area contributed by atoms with E-state index in [9.17, 15) is 4.79 Å². The number of benzene rings is 1. The molecule has 4 heteroatoms. The third-order valence-electron chi connectivity index (χ3n) is 4.76. The van der Waals surface area contributed by atoms with Crippen LogP contribution in [0.3, 0.4) is 0 Å². The standard InChI is InChI=1S/C18H26N2O2/c1-2-19(14-16-7-5-13-22-16)11-10-18(21)20-12-9-15-6-3-4-8-17(15)20/h3-4,6,8,16H,2,5,7,9-14H2,1H3. The van der Waals surface area contributed by atoms with Gasteiger partial charge in [0.1, 0.15) is 0 Å². The van der Waals surface area contributed by atoms with Crippen molar-refractivity contribution in [2.24, 2.45) is 0 Å². The average Bonchev–Trinajstić information content (AvgIpc) is 3.20. The number of nitrogens with zero attached hydrogens (tertiary/aromatic N) is 2. The number of para-hydroxylation sites is 1. The Morgan fingerprint density at radius 2 is 2.27 bits per heavy atom. The zero-order chi connectivity index (χ0) is 15.4. The van der Waals surface area contributed by atoms with Gasteiger partial charge in [-0.15, -0.1) is 0 Å². The first-order valence-electron chi connectivity index (χ1n) is 8.50. The molecule has 0 N–H and O–H groups in total. The summed E-state index contributed by atoms with van der Waals surface area (Å²) < 4.78 is 5.70. The maximum Gasteiger partial charge on any atom is 0.228 e. The number of rotatable bonds is 6. The van der Waals surface area contributed by atoms with Gasteiger partial charge in [0.2, 0.25) is 5.91 Å². The van der Waals surface area contributed by atoms with Gasteiger partial charge in [-0.05, 0) is 37.4 Å². The Morgan fingerprint density at radius 1 is 1.41 bits per heavy atom. The van der Waals surface area contributed by atoms with E-state index < -0.39 is 0 Å². The third kappa shape index (κ3) is 3.50. The number of carbonyl (C=O) groups is 1. The zero-order valence-electron chi connectivity index (χ0n) is 13.5. The second kappa shape index (κ2) is 7.25. The van der Waals surface area contributed by atoms with Crippen LogP contribution >= 0.6 is 0 Å². The smallest absolute Gasteiger partial charge is 0.228 e. The maximum atomic E-state index is 12.5. The lowest BCUT2D eigenvalue weighted by molar-refractivity contribution is -0.118. The quantitative estimate of drug-likeness (QED) is 0.809. The van der Waals surface area contributed by atoms with Crippen molar-refractivity contribution in [2.75, 3.05) is 37.7 Å². The van der Waals surface area contributed by atoms with Crippen molar-refractivity contribution in [1.29, 1.82) is 0 Å². The highest BCUT2D eigenvalue weighted by Crippen LogP contribution is 2.27. The van der Waals surface area contributed by atoms with Crippen LogP contribution in [0.2, 0.25) is 0 Å². The molecule has 0 spiro atoms. The van der Waals surface area contributed by atoms with Crippen LogP contribution in [-0.4, -0.2) is 49.7 Å². The molecule has 0 bridgehead atoms. The van der Waals surface area contributed by atoms with Crippen molar-refractivity contribution in [3.63, 3.8) is 0 Å². The summed E-state index contributed by atoms with van der Waals surface area (Å²) in [5.74, 6) is 0.246. The summed E-state index contributed by atoms with van der Waals surface area (Å²) >= 11 is 0. The minimum atomic E-state index is 0.246. The van der Waals surface area contributed by atoms with Crippen LogP contribution in [0.4, 0.5) is 5.69 Å². The number of carbonyl (C=O) groups excluding carboxylic acids is 1. The molecule has 0 aromatic heterocycles. The van der Waals surface area contributed by atoms with E-state index in [4.69, 9.17) is 4.74 Å². The van der Waals surface area contributed by atoms with Crippen LogP contribution in [0, 0.1) is 0 Å². The summed E-state index contributed by atoms with van der Waals surface area (Å²) in [6.07, 6.45) is 4.27. The fraction of sp³-hybridized carbons (Fsp3) is 0.611. The first-order chi connectivity index (χ1) is 10.8. The lowest BCUT2D eigenvalue weighted by Crippen LogP contribution is -2.36. The number of likely N-dealkylation sites (N-methyl/N-ethyl adjacent to an activating group) is 1. The van der Waals surface area contributed by atoms with Crippen molar-refractivity contribution in [2.45, 2.75) is 38.7 Å². The van der Waals surface area contributed by atoms with Crippen LogP contribution in [0.1, 0.15) is 31.7 Å². The molecule has 2 heterocycles. The van der Waals surface area contributed by atoms with E-state index in [1.165, 1.54) is 12.0 Å². The predicted molar refractivity (Wildman–Crippen MR) is 88.2 cm³/mol. The highest BCUT2D eigenvalue weighted by molar-refractivity contribution is 5.95. The average molecular weight is 302 g/mol. The molecule has 0 radical (unpaired) electrons. The first-order valence-corrected chi connectivity index (χ1v) is 8.50. The van der Waals surface area contributed by atoms with E-state index in [1.807, 2.05) is 17.0 Å². The number of fused-ring (bicyclic) bond motifs is 1. The van der Waals surface area contributed by atoms with Gasteiger partial charge in [-0.1, -0.05) is 25.1 Å². The van der Waals surface area contributed by atoms with Gasteiger partial charge in [0.25, 0.3) is 0 Å². The molecule has 120 valence electrons. The van der Waals surface area contributed by atoms with Gasteiger partial charge >= 0.3 is 0 Å². The highest BCUT2D eigenvalue weighted by atomic mass is 16.5. The number of anilines is 1. The highest BCUT2D eigenvalue weighted by Gasteiger charge is 2.25. The third-order valence-corrected chi connectivity index (χ3v) is 4.76. The second-order valence-corrected chi connectivity index (χ2v) is 6.20. The Morgan fingerprint density at radius 3 is 3.05 bits per heavy atom. The van der Waals surface area contributed by atoms with Crippen molar-refractivity contribution in [3.8, 4) is 0 Å². The molecule has 1 aromatic carbocycles. The van der Waals surface area contributed by atoms with Crippen LogP contribution in [-0.2, 0) is 16.0 Å². The summed E-state index contributed by atoms with van der Waals surface area (Å²) in [5.41, 5.74) is 2.40. The maximum absolute atomic E-state index is 12.5. The lowest BCUT2D eigenvalue weighted by atomic mass is 10.2. The van der Waals surface area contributed by atoms with Gasteiger partial charge < -0.3 is 14.5 Å². The molecule has 0 aliphatic carbocycles. The van der Waals surface area contributed by atoms with Gasteiger partial charge in [0.15, 0.2) is 0 Å². The van der Waals surface area contributed by atoms with Gasteiger partial charge in [-0.3, -0.25) is 4.79 Å². The molecular formula is C18H26N2O2. The normalized spacial score (nSPS) is 20.6. The van der Waals surface area contributed by atoms with Crippen molar-refractivity contribution in [3.05, 3.63) is 29.8 Å². The Labute approximate surface area is 133 Å². The Kier molecular flexibility index (Phi) is 5.11. The van der Waals surface area contributed by atoms with E-state index in [1.54, 1.807) is 0 Å². The monoisotopic (exact) mass is 302 g/mol. The molecule has 1 atom stereocenters. The number of hydrogen-bond donors (Lipinski definition) is 0. The van der Waals surface area contributed by atoms with E-state index in [-0.39, 0.29) is 5.91 Å². The molecule has 1 saturated heterocycles. The molecule has 1 fully saturated rings. The summed E-state index contributed by atoms with van der Waals surface area (Å²) in [6.45, 7) is 6.64. The molecule has 22 heavy (non-hydrogen) atoms. The predicted octanol–water partition coefficient (Wildman–Crippen LogP) is 2.47. The van der Waals surface area contributed by atoms with Crippen LogP contribution < -0.4 is 4.90 Å². The molecular weight excluding hydrogens is 276 g/mol. The number of amides is 1. The zero-order valence-corrected chi connectivity index (χ0v) is 13.5. The van der Waals surface area contributed by atoms with Gasteiger partial charge in [-0.25, -0.2) is 0 Å². The number of ether oxygens (including phenoxy) is 1. The van der Waals surface area contributed by atoms with E-state index in [0.717, 1.165) is 51.3 Å².